The molecule has 176 valence electrons. The quantitative estimate of drug-likeness (QED) is 0.413. The van der Waals surface area contributed by atoms with Crippen molar-refractivity contribution in [1.29, 1.82) is 0 Å². The van der Waals surface area contributed by atoms with Crippen molar-refractivity contribution in [2.45, 2.75) is 19.1 Å². The minimum Gasteiger partial charge on any atom is -0.493 e. The van der Waals surface area contributed by atoms with E-state index in [0.717, 1.165) is 0 Å². The highest BCUT2D eigenvalue weighted by Crippen LogP contribution is 2.35. The Labute approximate surface area is 193 Å². The third kappa shape index (κ3) is 5.76. The molecule has 0 spiro atoms. The second-order valence-electron chi connectivity index (χ2n) is 7.48. The zero-order chi connectivity index (χ0) is 23.4. The Morgan fingerprint density at radius 1 is 1.18 bits per heavy atom. The smallest absolute Gasteiger partial charge is 0.345 e. The third-order valence-electron chi connectivity index (χ3n) is 5.20. The average molecular weight is 483 g/mol. The lowest BCUT2D eigenvalue weighted by atomic mass is 10.1. The van der Waals surface area contributed by atoms with Crippen molar-refractivity contribution in [2.75, 3.05) is 38.7 Å². The third-order valence-corrected chi connectivity index (χ3v) is 5.49. The van der Waals surface area contributed by atoms with E-state index in [1.165, 1.54) is 25.6 Å². The topological polar surface area (TPSA) is 68.7 Å². The number of hydrogen-bond donors (Lipinski definition) is 1. The van der Waals surface area contributed by atoms with Crippen LogP contribution in [-0.4, -0.2) is 60.9 Å². The number of aromatic nitrogens is 2. The number of likely N-dealkylation sites (tertiary alicyclic amines) is 1. The van der Waals surface area contributed by atoms with Crippen LogP contribution in [0.25, 0.3) is 10.9 Å². The van der Waals surface area contributed by atoms with E-state index < -0.39 is 18.5 Å². The van der Waals surface area contributed by atoms with Crippen LogP contribution in [0.15, 0.2) is 36.7 Å². The molecule has 7 nitrogen and oxygen atoms in total. The van der Waals surface area contributed by atoms with Crippen molar-refractivity contribution >= 4 is 34.0 Å². The van der Waals surface area contributed by atoms with E-state index >= 15 is 0 Å². The van der Waals surface area contributed by atoms with E-state index in [1.807, 2.05) is 4.90 Å². The molecule has 2 aromatic carbocycles. The lowest BCUT2D eigenvalue weighted by molar-refractivity contribution is -0.195. The first-order valence-electron chi connectivity index (χ1n) is 10.3. The molecule has 3 aromatic rings. The molecule has 1 aliphatic rings. The first-order valence-corrected chi connectivity index (χ1v) is 10.6. The van der Waals surface area contributed by atoms with E-state index in [1.54, 1.807) is 18.2 Å². The maximum atomic E-state index is 13.5. The van der Waals surface area contributed by atoms with Gasteiger partial charge in [0.15, 0.2) is 11.5 Å². The summed E-state index contributed by atoms with van der Waals surface area (Å²) in [7, 11) is 1.54. The molecule has 0 radical (unpaired) electrons. The zero-order valence-electron chi connectivity index (χ0n) is 17.7. The summed E-state index contributed by atoms with van der Waals surface area (Å²) in [6.45, 7) is -0.639. The molecule has 11 heteroatoms. The molecule has 0 bridgehead atoms. The molecule has 1 aliphatic heterocycles. The Morgan fingerprint density at radius 3 is 2.73 bits per heavy atom. The van der Waals surface area contributed by atoms with E-state index in [2.05, 4.69) is 20.0 Å². The molecule has 4 rings (SSSR count). The van der Waals surface area contributed by atoms with Gasteiger partial charge < -0.3 is 19.5 Å². The number of methoxy groups -OCH3 is 1. The summed E-state index contributed by atoms with van der Waals surface area (Å²) in [6.07, 6.45) is 1.70. The monoisotopic (exact) mass is 482 g/mol. The number of anilines is 2. The van der Waals surface area contributed by atoms with E-state index in [-0.39, 0.29) is 5.02 Å². The summed E-state index contributed by atoms with van der Waals surface area (Å²) in [5.74, 6) is 1.03. The van der Waals surface area contributed by atoms with Gasteiger partial charge in [-0.05, 0) is 30.7 Å². The fourth-order valence-electron chi connectivity index (χ4n) is 3.55. The Bertz CT molecular complexity index is 1120. The fraction of sp³-hybridized carbons (Fsp3) is 0.364. The van der Waals surface area contributed by atoms with Gasteiger partial charge >= 0.3 is 6.61 Å². The first kappa shape index (κ1) is 23.3. The number of benzene rings is 2. The molecule has 1 N–H and O–H groups in total. The number of ether oxygens (including phenoxy) is 3. The molecule has 0 atom stereocenters. The summed E-state index contributed by atoms with van der Waals surface area (Å²) in [6, 6.07) is 7.82. The number of halogens is 4. The van der Waals surface area contributed by atoms with Gasteiger partial charge in [-0.15, -0.1) is 0 Å². The number of nitrogens with zero attached hydrogens (tertiary/aromatic N) is 3. The number of hydrogen-bond acceptors (Lipinski definition) is 7. The zero-order valence-corrected chi connectivity index (χ0v) is 18.5. The second-order valence-corrected chi connectivity index (χ2v) is 7.88. The molecule has 1 fully saturated rings. The number of alkyl halides is 2. The molecule has 1 aromatic heterocycles. The van der Waals surface area contributed by atoms with E-state index in [9.17, 15) is 13.2 Å². The molecule has 0 aliphatic carbocycles. The van der Waals surface area contributed by atoms with Crippen LogP contribution in [0.2, 0.25) is 5.02 Å². The van der Waals surface area contributed by atoms with Gasteiger partial charge in [0.25, 0.3) is 0 Å². The van der Waals surface area contributed by atoms with Crippen LogP contribution >= 0.6 is 11.6 Å². The largest absolute Gasteiger partial charge is 0.493 e. The highest BCUT2D eigenvalue weighted by molar-refractivity contribution is 6.31. The molecule has 0 unspecified atom stereocenters. The Morgan fingerprint density at radius 2 is 2.00 bits per heavy atom. The van der Waals surface area contributed by atoms with Crippen LogP contribution < -0.4 is 14.8 Å². The standard InChI is InChI=1S/C22H22ClF3N4O3/c1-31-19-9-18-15(21(28-12-27-18)29-13-3-4-17(24)16(23)7-13)8-20(19)32-6-2-5-30-10-14(11-30)33-22(25)26/h3-4,7-9,12,14,22H,2,5-6,10-11H2,1H3,(H,27,28,29). The summed E-state index contributed by atoms with van der Waals surface area (Å²) in [5.41, 5.74) is 1.21. The van der Waals surface area contributed by atoms with Crippen LogP contribution in [0.1, 0.15) is 6.42 Å². The van der Waals surface area contributed by atoms with Gasteiger partial charge in [0.2, 0.25) is 0 Å². The van der Waals surface area contributed by atoms with Gasteiger partial charge in [0.1, 0.15) is 18.0 Å². The van der Waals surface area contributed by atoms with Gasteiger partial charge in [-0.1, -0.05) is 11.6 Å². The second kappa shape index (κ2) is 10.4. The van der Waals surface area contributed by atoms with Crippen molar-refractivity contribution in [3.8, 4) is 11.5 Å². The van der Waals surface area contributed by atoms with Crippen molar-refractivity contribution in [3.05, 3.63) is 47.5 Å². The molecular weight excluding hydrogens is 461 g/mol. The van der Waals surface area contributed by atoms with Gasteiger partial charge in [-0.25, -0.2) is 14.4 Å². The van der Waals surface area contributed by atoms with Crippen LogP contribution in [0.4, 0.5) is 24.7 Å². The number of fused-ring (bicyclic) bond motifs is 1. The Kier molecular flexibility index (Phi) is 7.36. The Balaban J connectivity index is 1.42. The summed E-state index contributed by atoms with van der Waals surface area (Å²) >= 11 is 5.87. The molecule has 0 saturated carbocycles. The maximum Gasteiger partial charge on any atom is 0.345 e. The summed E-state index contributed by atoms with van der Waals surface area (Å²) in [4.78, 5) is 10.6. The van der Waals surface area contributed by atoms with E-state index in [4.69, 9.17) is 21.1 Å². The molecule has 1 saturated heterocycles. The van der Waals surface area contributed by atoms with Gasteiger partial charge in [0.05, 0.1) is 30.4 Å². The fourth-order valence-corrected chi connectivity index (χ4v) is 3.73. The van der Waals surface area contributed by atoms with Crippen LogP contribution in [-0.2, 0) is 4.74 Å². The maximum absolute atomic E-state index is 13.5. The van der Waals surface area contributed by atoms with Gasteiger partial charge in [-0.2, -0.15) is 8.78 Å². The van der Waals surface area contributed by atoms with Gasteiger partial charge in [0, 0.05) is 36.8 Å². The van der Waals surface area contributed by atoms with Crippen molar-refractivity contribution < 1.29 is 27.4 Å². The first-order chi connectivity index (χ1) is 15.9. The highest BCUT2D eigenvalue weighted by Gasteiger charge is 2.29. The van der Waals surface area contributed by atoms with Crippen LogP contribution in [0.5, 0.6) is 11.5 Å². The lowest BCUT2D eigenvalue weighted by Crippen LogP contribution is -2.53. The van der Waals surface area contributed by atoms with Gasteiger partial charge in [-0.3, -0.25) is 4.90 Å². The lowest BCUT2D eigenvalue weighted by Gasteiger charge is -2.38. The number of nitrogens with one attached hydrogen (secondary N) is 1. The van der Waals surface area contributed by atoms with E-state index in [0.29, 0.717) is 66.6 Å². The predicted octanol–water partition coefficient (Wildman–Crippen LogP) is 4.87. The summed E-state index contributed by atoms with van der Waals surface area (Å²) < 4.78 is 53.7. The molecule has 33 heavy (non-hydrogen) atoms. The predicted molar refractivity (Wildman–Crippen MR) is 118 cm³/mol. The van der Waals surface area contributed by atoms with Crippen molar-refractivity contribution in [2.24, 2.45) is 0 Å². The SMILES string of the molecule is COc1cc2ncnc(Nc3ccc(F)c(Cl)c3)c2cc1OCCCN1CC(OC(F)F)C1. The van der Waals surface area contributed by atoms with Crippen molar-refractivity contribution in [1.82, 2.24) is 14.9 Å². The molecule has 0 amide bonds. The minimum atomic E-state index is -2.73. The normalized spacial score (nSPS) is 14.5. The molecule has 2 heterocycles. The Hall–Kier alpha value is -2.82. The average Bonchev–Trinajstić information content (AvgIpc) is 2.76. The summed E-state index contributed by atoms with van der Waals surface area (Å²) in [5, 5.41) is 3.81. The molecular formula is C22H22ClF3N4O3. The van der Waals surface area contributed by atoms with Crippen LogP contribution in [0, 0.1) is 5.82 Å². The highest BCUT2D eigenvalue weighted by atomic mass is 35.5. The minimum absolute atomic E-state index is 0.00153. The van der Waals surface area contributed by atoms with Crippen LogP contribution in [0.3, 0.4) is 0 Å². The number of rotatable bonds is 10. The van der Waals surface area contributed by atoms with Crippen molar-refractivity contribution in [3.63, 3.8) is 0 Å².